The lowest BCUT2D eigenvalue weighted by Crippen LogP contribution is -2.24. The standard InChI is InChI=1S/C16H18N2O2S/c1-20-12-7-3-2-5-10(12)9-18-16(19)14-11-6-4-8-13(11)21-15(14)17/h2-3,5,7H,4,6,8-9,17H2,1H3,(H,18,19). The summed E-state index contributed by atoms with van der Waals surface area (Å²) in [6.45, 7) is 0.437. The van der Waals surface area contributed by atoms with Gasteiger partial charge in [-0.1, -0.05) is 18.2 Å². The Morgan fingerprint density at radius 3 is 3.00 bits per heavy atom. The molecule has 0 radical (unpaired) electrons. The molecule has 0 atom stereocenters. The molecule has 2 aromatic rings. The highest BCUT2D eigenvalue weighted by molar-refractivity contribution is 7.16. The minimum atomic E-state index is -0.0854. The number of anilines is 1. The minimum absolute atomic E-state index is 0.0854. The van der Waals surface area contributed by atoms with Crippen molar-refractivity contribution in [2.45, 2.75) is 25.8 Å². The van der Waals surface area contributed by atoms with E-state index >= 15 is 0 Å². The van der Waals surface area contributed by atoms with E-state index < -0.39 is 0 Å². The third-order valence-corrected chi connectivity index (χ3v) is 4.93. The molecular formula is C16H18N2O2S. The summed E-state index contributed by atoms with van der Waals surface area (Å²) in [6.07, 6.45) is 3.12. The van der Waals surface area contributed by atoms with Crippen molar-refractivity contribution in [1.29, 1.82) is 0 Å². The van der Waals surface area contributed by atoms with Crippen LogP contribution in [0.3, 0.4) is 0 Å². The first-order valence-corrected chi connectivity index (χ1v) is 7.82. The first kappa shape index (κ1) is 13.9. The van der Waals surface area contributed by atoms with Gasteiger partial charge < -0.3 is 15.8 Å². The van der Waals surface area contributed by atoms with E-state index in [0.29, 0.717) is 17.1 Å². The third kappa shape index (κ3) is 2.61. The third-order valence-electron chi connectivity index (χ3n) is 3.81. The number of thiophene rings is 1. The van der Waals surface area contributed by atoms with Crippen molar-refractivity contribution in [2.75, 3.05) is 12.8 Å². The number of methoxy groups -OCH3 is 1. The highest BCUT2D eigenvalue weighted by atomic mass is 32.1. The van der Waals surface area contributed by atoms with E-state index in [4.69, 9.17) is 10.5 Å². The molecule has 1 amide bonds. The van der Waals surface area contributed by atoms with Gasteiger partial charge in [0.1, 0.15) is 5.75 Å². The summed E-state index contributed by atoms with van der Waals surface area (Å²) < 4.78 is 5.29. The van der Waals surface area contributed by atoms with Crippen LogP contribution in [-0.4, -0.2) is 13.0 Å². The van der Waals surface area contributed by atoms with E-state index in [1.165, 1.54) is 4.88 Å². The van der Waals surface area contributed by atoms with Gasteiger partial charge in [-0.2, -0.15) is 0 Å². The summed E-state index contributed by atoms with van der Waals surface area (Å²) in [7, 11) is 1.63. The molecule has 4 nitrogen and oxygen atoms in total. The largest absolute Gasteiger partial charge is 0.496 e. The van der Waals surface area contributed by atoms with Crippen molar-refractivity contribution < 1.29 is 9.53 Å². The molecule has 1 heterocycles. The second-order valence-electron chi connectivity index (χ2n) is 5.09. The fourth-order valence-electron chi connectivity index (χ4n) is 2.79. The lowest BCUT2D eigenvalue weighted by Gasteiger charge is -2.10. The Hall–Kier alpha value is -2.01. The van der Waals surface area contributed by atoms with Crippen molar-refractivity contribution in [1.82, 2.24) is 5.32 Å². The number of fused-ring (bicyclic) bond motifs is 1. The van der Waals surface area contributed by atoms with E-state index in [2.05, 4.69) is 5.32 Å². The molecule has 110 valence electrons. The molecule has 1 aliphatic carbocycles. The molecule has 1 aromatic heterocycles. The molecule has 3 N–H and O–H groups in total. The van der Waals surface area contributed by atoms with Gasteiger partial charge >= 0.3 is 0 Å². The number of nitrogens with one attached hydrogen (secondary N) is 1. The van der Waals surface area contributed by atoms with E-state index in [-0.39, 0.29) is 5.91 Å². The van der Waals surface area contributed by atoms with Crippen LogP contribution in [0.4, 0.5) is 5.00 Å². The lowest BCUT2D eigenvalue weighted by atomic mass is 10.1. The Balaban J connectivity index is 1.76. The van der Waals surface area contributed by atoms with Crippen molar-refractivity contribution in [2.24, 2.45) is 0 Å². The molecule has 0 spiro atoms. The van der Waals surface area contributed by atoms with Crippen LogP contribution in [-0.2, 0) is 19.4 Å². The van der Waals surface area contributed by atoms with Crippen molar-refractivity contribution in [3.63, 3.8) is 0 Å². The fraction of sp³-hybridized carbons (Fsp3) is 0.312. The summed E-state index contributed by atoms with van der Waals surface area (Å²) in [5.41, 5.74) is 8.80. The van der Waals surface area contributed by atoms with Gasteiger partial charge in [-0.25, -0.2) is 0 Å². The number of nitrogens with two attached hydrogens (primary N) is 1. The molecule has 21 heavy (non-hydrogen) atoms. The van der Waals surface area contributed by atoms with Gasteiger partial charge in [0.05, 0.1) is 17.7 Å². The number of carbonyl (C=O) groups excluding carboxylic acids is 1. The van der Waals surface area contributed by atoms with Crippen LogP contribution in [0.2, 0.25) is 0 Å². The van der Waals surface area contributed by atoms with Crippen molar-refractivity contribution >= 4 is 22.2 Å². The summed E-state index contributed by atoms with van der Waals surface area (Å²) in [5, 5.41) is 3.59. The Kier molecular flexibility index (Phi) is 3.84. The monoisotopic (exact) mass is 302 g/mol. The van der Waals surface area contributed by atoms with E-state index in [1.54, 1.807) is 18.4 Å². The summed E-state index contributed by atoms with van der Waals surface area (Å²) in [4.78, 5) is 13.7. The molecule has 0 bridgehead atoms. The van der Waals surface area contributed by atoms with Crippen molar-refractivity contribution in [3.8, 4) is 5.75 Å². The molecule has 3 rings (SSSR count). The van der Waals surface area contributed by atoms with Crippen LogP contribution in [0.25, 0.3) is 0 Å². The summed E-state index contributed by atoms with van der Waals surface area (Å²) in [6, 6.07) is 7.67. The molecule has 1 aliphatic rings. The normalized spacial score (nSPS) is 13.0. The van der Waals surface area contributed by atoms with Crippen LogP contribution >= 0.6 is 11.3 Å². The Labute approximate surface area is 127 Å². The van der Waals surface area contributed by atoms with Crippen LogP contribution in [0.15, 0.2) is 24.3 Å². The van der Waals surface area contributed by atoms with Crippen molar-refractivity contribution in [3.05, 3.63) is 45.8 Å². The smallest absolute Gasteiger partial charge is 0.254 e. The van der Waals surface area contributed by atoms with Gasteiger partial charge in [0, 0.05) is 17.0 Å². The van der Waals surface area contributed by atoms with Gasteiger partial charge in [0.15, 0.2) is 0 Å². The number of benzene rings is 1. The Bertz CT molecular complexity index is 679. The zero-order valence-corrected chi connectivity index (χ0v) is 12.8. The predicted molar refractivity (Wildman–Crippen MR) is 84.9 cm³/mol. The number of nitrogen functional groups attached to an aromatic ring is 1. The van der Waals surface area contributed by atoms with Gasteiger partial charge in [0.25, 0.3) is 5.91 Å². The maximum Gasteiger partial charge on any atom is 0.254 e. The van der Waals surface area contributed by atoms with Crippen LogP contribution in [0.5, 0.6) is 5.75 Å². The van der Waals surface area contributed by atoms with Gasteiger partial charge in [0.2, 0.25) is 0 Å². The van der Waals surface area contributed by atoms with Crippen LogP contribution < -0.4 is 15.8 Å². The van der Waals surface area contributed by atoms with Crippen LogP contribution in [0, 0.1) is 0 Å². The quantitative estimate of drug-likeness (QED) is 0.912. The zero-order valence-electron chi connectivity index (χ0n) is 11.9. The lowest BCUT2D eigenvalue weighted by molar-refractivity contribution is 0.0951. The molecule has 0 saturated heterocycles. The second-order valence-corrected chi connectivity index (χ2v) is 6.23. The summed E-state index contributed by atoms with van der Waals surface area (Å²) >= 11 is 1.55. The second kappa shape index (κ2) is 5.77. The fourth-order valence-corrected chi connectivity index (χ4v) is 3.94. The maximum absolute atomic E-state index is 12.4. The number of para-hydroxylation sites is 1. The maximum atomic E-state index is 12.4. The average molecular weight is 302 g/mol. The van der Waals surface area contributed by atoms with Gasteiger partial charge in [-0.05, 0) is 30.9 Å². The average Bonchev–Trinajstić information content (AvgIpc) is 3.04. The molecule has 5 heteroatoms. The van der Waals surface area contributed by atoms with Gasteiger partial charge in [-0.15, -0.1) is 11.3 Å². The number of ether oxygens (including phenoxy) is 1. The molecular weight excluding hydrogens is 284 g/mol. The van der Waals surface area contributed by atoms with E-state index in [1.807, 2.05) is 24.3 Å². The number of rotatable bonds is 4. The molecule has 0 fully saturated rings. The number of hydrogen-bond donors (Lipinski definition) is 2. The van der Waals surface area contributed by atoms with E-state index in [0.717, 1.165) is 36.1 Å². The summed E-state index contributed by atoms with van der Waals surface area (Å²) in [5.74, 6) is 0.694. The SMILES string of the molecule is COc1ccccc1CNC(=O)c1c(N)sc2c1CCC2. The van der Waals surface area contributed by atoms with E-state index in [9.17, 15) is 4.79 Å². The number of aryl methyl sites for hydroxylation is 1. The number of carbonyl (C=O) groups is 1. The van der Waals surface area contributed by atoms with Crippen LogP contribution in [0.1, 0.15) is 32.8 Å². The number of amides is 1. The molecule has 0 saturated carbocycles. The highest BCUT2D eigenvalue weighted by Gasteiger charge is 2.25. The highest BCUT2D eigenvalue weighted by Crippen LogP contribution is 2.37. The van der Waals surface area contributed by atoms with Gasteiger partial charge in [-0.3, -0.25) is 4.79 Å². The Morgan fingerprint density at radius 2 is 2.19 bits per heavy atom. The number of hydrogen-bond acceptors (Lipinski definition) is 4. The first-order chi connectivity index (χ1) is 10.2. The minimum Gasteiger partial charge on any atom is -0.496 e. The molecule has 0 aliphatic heterocycles. The Morgan fingerprint density at radius 1 is 1.38 bits per heavy atom. The first-order valence-electron chi connectivity index (χ1n) is 7.00. The topological polar surface area (TPSA) is 64.3 Å². The molecule has 1 aromatic carbocycles. The predicted octanol–water partition coefficient (Wildman–Crippen LogP) is 2.76. The molecule has 0 unspecified atom stereocenters. The zero-order chi connectivity index (χ0) is 14.8.